The minimum atomic E-state index is 0.649. The van der Waals surface area contributed by atoms with Crippen molar-refractivity contribution < 1.29 is 9.47 Å². The van der Waals surface area contributed by atoms with E-state index in [1.165, 1.54) is 83.5 Å². The summed E-state index contributed by atoms with van der Waals surface area (Å²) in [4.78, 5) is 0. The Morgan fingerprint density at radius 2 is 1.33 bits per heavy atom. The van der Waals surface area contributed by atoms with E-state index in [9.17, 15) is 0 Å². The molecule has 0 aromatic heterocycles. The smallest absolute Gasteiger partial charge is 0.0466 e. The van der Waals surface area contributed by atoms with Gasteiger partial charge in [0.05, 0.1) is 0 Å². The SMILES string of the molecule is CCOCCCCCCCOCCCC1(CC(C)C)CCCCC1. The van der Waals surface area contributed by atoms with Crippen LogP contribution in [0.15, 0.2) is 0 Å². The van der Waals surface area contributed by atoms with E-state index in [-0.39, 0.29) is 0 Å². The largest absolute Gasteiger partial charge is 0.382 e. The molecule has 1 fully saturated rings. The third kappa shape index (κ3) is 10.7. The molecule has 2 nitrogen and oxygen atoms in total. The zero-order valence-corrected chi connectivity index (χ0v) is 16.9. The van der Waals surface area contributed by atoms with Crippen molar-refractivity contribution in [2.45, 2.75) is 104 Å². The molecule has 1 saturated carbocycles. The number of hydrogen-bond donors (Lipinski definition) is 0. The third-order valence-electron chi connectivity index (χ3n) is 5.53. The van der Waals surface area contributed by atoms with Crippen LogP contribution in [0.2, 0.25) is 0 Å². The van der Waals surface area contributed by atoms with Gasteiger partial charge < -0.3 is 9.47 Å². The Bertz CT molecular complexity index is 269. The molecule has 0 unspecified atom stereocenters. The lowest BCUT2D eigenvalue weighted by atomic mass is 9.67. The van der Waals surface area contributed by atoms with Gasteiger partial charge in [-0.15, -0.1) is 0 Å². The summed E-state index contributed by atoms with van der Waals surface area (Å²) in [6.07, 6.45) is 17.8. The average molecular weight is 341 g/mol. The second-order valence-corrected chi connectivity index (χ2v) is 8.34. The van der Waals surface area contributed by atoms with Crippen molar-refractivity contribution in [3.8, 4) is 0 Å². The number of ether oxygens (including phenoxy) is 2. The number of hydrogen-bond acceptors (Lipinski definition) is 2. The van der Waals surface area contributed by atoms with E-state index in [2.05, 4.69) is 20.8 Å². The lowest BCUT2D eigenvalue weighted by molar-refractivity contribution is 0.0886. The highest BCUT2D eigenvalue weighted by Crippen LogP contribution is 2.44. The van der Waals surface area contributed by atoms with Gasteiger partial charge in [0, 0.05) is 26.4 Å². The van der Waals surface area contributed by atoms with Crippen LogP contribution in [0.25, 0.3) is 0 Å². The minimum Gasteiger partial charge on any atom is -0.382 e. The lowest BCUT2D eigenvalue weighted by Gasteiger charge is -2.39. The van der Waals surface area contributed by atoms with Crippen LogP contribution in [0.5, 0.6) is 0 Å². The van der Waals surface area contributed by atoms with E-state index in [1.807, 2.05) is 0 Å². The zero-order chi connectivity index (χ0) is 17.5. The van der Waals surface area contributed by atoms with Gasteiger partial charge in [0.1, 0.15) is 0 Å². The van der Waals surface area contributed by atoms with E-state index >= 15 is 0 Å². The van der Waals surface area contributed by atoms with Crippen molar-refractivity contribution in [3.63, 3.8) is 0 Å². The van der Waals surface area contributed by atoms with Crippen molar-refractivity contribution in [2.24, 2.45) is 11.3 Å². The topological polar surface area (TPSA) is 18.5 Å². The van der Waals surface area contributed by atoms with Gasteiger partial charge in [0.25, 0.3) is 0 Å². The van der Waals surface area contributed by atoms with Crippen LogP contribution in [-0.2, 0) is 9.47 Å². The highest BCUT2D eigenvalue weighted by molar-refractivity contribution is 4.83. The summed E-state index contributed by atoms with van der Waals surface area (Å²) in [5, 5.41) is 0. The second-order valence-electron chi connectivity index (χ2n) is 8.34. The molecule has 0 amide bonds. The standard InChI is InChI=1S/C22H44O2/c1-4-23-17-11-6-5-7-12-18-24-19-13-16-22(20-21(2)3)14-9-8-10-15-22/h21H,4-20H2,1-3H3. The normalized spacial score (nSPS) is 17.5. The Hall–Kier alpha value is -0.0800. The molecule has 1 rings (SSSR count). The summed E-state index contributed by atoms with van der Waals surface area (Å²) in [7, 11) is 0. The molecule has 0 spiro atoms. The molecule has 0 aliphatic heterocycles. The molecule has 0 radical (unpaired) electrons. The van der Waals surface area contributed by atoms with Crippen molar-refractivity contribution in [1.29, 1.82) is 0 Å². The maximum atomic E-state index is 5.90. The fraction of sp³-hybridized carbons (Fsp3) is 1.00. The highest BCUT2D eigenvalue weighted by atomic mass is 16.5. The van der Waals surface area contributed by atoms with Crippen LogP contribution >= 0.6 is 0 Å². The lowest BCUT2D eigenvalue weighted by Crippen LogP contribution is -2.26. The Kier molecular flexibility index (Phi) is 12.9. The van der Waals surface area contributed by atoms with Gasteiger partial charge in [-0.3, -0.25) is 0 Å². The molecule has 0 heterocycles. The molecule has 0 N–H and O–H groups in total. The maximum absolute atomic E-state index is 5.90. The monoisotopic (exact) mass is 340 g/mol. The zero-order valence-electron chi connectivity index (χ0n) is 16.9. The predicted molar refractivity (Wildman–Crippen MR) is 105 cm³/mol. The van der Waals surface area contributed by atoms with Gasteiger partial charge in [-0.25, -0.2) is 0 Å². The van der Waals surface area contributed by atoms with Crippen molar-refractivity contribution in [2.75, 3.05) is 26.4 Å². The van der Waals surface area contributed by atoms with Crippen LogP contribution in [0, 0.1) is 11.3 Å². The van der Waals surface area contributed by atoms with Crippen molar-refractivity contribution in [1.82, 2.24) is 0 Å². The van der Waals surface area contributed by atoms with Crippen LogP contribution in [0.1, 0.15) is 104 Å². The first-order valence-electron chi connectivity index (χ1n) is 10.8. The molecule has 0 bridgehead atoms. The van der Waals surface area contributed by atoms with E-state index in [1.54, 1.807) is 0 Å². The van der Waals surface area contributed by atoms with Gasteiger partial charge in [-0.1, -0.05) is 52.4 Å². The van der Waals surface area contributed by atoms with E-state index in [4.69, 9.17) is 9.47 Å². The van der Waals surface area contributed by atoms with Crippen molar-refractivity contribution in [3.05, 3.63) is 0 Å². The number of unbranched alkanes of at least 4 members (excludes halogenated alkanes) is 4. The highest BCUT2D eigenvalue weighted by Gasteiger charge is 2.31. The Balaban J connectivity index is 1.96. The molecule has 0 aromatic rings. The van der Waals surface area contributed by atoms with Crippen molar-refractivity contribution >= 4 is 0 Å². The summed E-state index contributed by atoms with van der Waals surface area (Å²) in [6.45, 7) is 10.6. The first-order chi connectivity index (χ1) is 11.7. The minimum absolute atomic E-state index is 0.649. The quantitative estimate of drug-likeness (QED) is 0.306. The maximum Gasteiger partial charge on any atom is 0.0466 e. The Morgan fingerprint density at radius 3 is 1.96 bits per heavy atom. The second kappa shape index (κ2) is 14.1. The molecule has 1 aliphatic carbocycles. The predicted octanol–water partition coefficient (Wildman–Crippen LogP) is 6.77. The van der Waals surface area contributed by atoms with E-state index < -0.39 is 0 Å². The van der Waals surface area contributed by atoms with Gasteiger partial charge in [0.15, 0.2) is 0 Å². The van der Waals surface area contributed by atoms with E-state index in [0.29, 0.717) is 5.41 Å². The Morgan fingerprint density at radius 1 is 0.750 bits per heavy atom. The summed E-state index contributed by atoms with van der Waals surface area (Å²) in [5.41, 5.74) is 0.649. The molecule has 0 saturated heterocycles. The summed E-state index contributed by atoms with van der Waals surface area (Å²) in [6, 6.07) is 0. The molecule has 0 atom stereocenters. The summed E-state index contributed by atoms with van der Waals surface area (Å²) in [5.74, 6) is 0.840. The third-order valence-corrected chi connectivity index (χ3v) is 5.53. The van der Waals surface area contributed by atoms with Crippen LogP contribution in [0.3, 0.4) is 0 Å². The van der Waals surface area contributed by atoms with Crippen LogP contribution in [-0.4, -0.2) is 26.4 Å². The van der Waals surface area contributed by atoms with E-state index in [0.717, 1.165) is 32.3 Å². The van der Waals surface area contributed by atoms with Gasteiger partial charge in [-0.2, -0.15) is 0 Å². The first-order valence-corrected chi connectivity index (χ1v) is 10.8. The van der Waals surface area contributed by atoms with Gasteiger partial charge >= 0.3 is 0 Å². The molecular formula is C22H44O2. The summed E-state index contributed by atoms with van der Waals surface area (Å²) >= 11 is 0. The molecular weight excluding hydrogens is 296 g/mol. The molecule has 144 valence electrons. The van der Waals surface area contributed by atoms with Crippen LogP contribution < -0.4 is 0 Å². The van der Waals surface area contributed by atoms with Gasteiger partial charge in [-0.05, 0) is 63.2 Å². The molecule has 1 aliphatic rings. The fourth-order valence-corrected chi connectivity index (χ4v) is 4.46. The molecule has 2 heteroatoms. The first kappa shape index (κ1) is 22.0. The van der Waals surface area contributed by atoms with Gasteiger partial charge in [0.2, 0.25) is 0 Å². The fourth-order valence-electron chi connectivity index (χ4n) is 4.46. The summed E-state index contributed by atoms with van der Waals surface area (Å²) < 4.78 is 11.3. The Labute approximate surface area is 152 Å². The molecule has 0 aromatic carbocycles. The number of rotatable bonds is 15. The van der Waals surface area contributed by atoms with Crippen LogP contribution in [0.4, 0.5) is 0 Å². The molecule has 24 heavy (non-hydrogen) atoms. The average Bonchev–Trinajstić information content (AvgIpc) is 2.56.